The summed E-state index contributed by atoms with van der Waals surface area (Å²) in [5, 5.41) is 56.5. The van der Waals surface area contributed by atoms with Gasteiger partial charge in [-0.1, -0.05) is 6.07 Å². The summed E-state index contributed by atoms with van der Waals surface area (Å²) in [6, 6.07) is 17.4. The maximum Gasteiger partial charge on any atom is 0.505 e. The quantitative estimate of drug-likeness (QED) is 0.0333. The van der Waals surface area contributed by atoms with Crippen molar-refractivity contribution in [1.29, 1.82) is 0 Å². The number of aromatic amines is 2. The lowest BCUT2D eigenvalue weighted by molar-refractivity contribution is -0.107. The van der Waals surface area contributed by atoms with Crippen LogP contribution in [-0.4, -0.2) is 164 Å². The molecule has 480 valence electrons. The van der Waals surface area contributed by atoms with Crippen LogP contribution in [0.5, 0.6) is 0 Å². The van der Waals surface area contributed by atoms with Crippen molar-refractivity contribution in [3.05, 3.63) is 93.0 Å². The molecule has 1 atom stereocenters. The van der Waals surface area contributed by atoms with Crippen LogP contribution in [0.4, 0.5) is 23.3 Å². The van der Waals surface area contributed by atoms with Gasteiger partial charge >= 0.3 is 7.12 Å². The van der Waals surface area contributed by atoms with E-state index in [2.05, 4.69) is 112 Å². The minimum Gasteiger partial charge on any atom is -0.399 e. The van der Waals surface area contributed by atoms with Gasteiger partial charge in [-0.2, -0.15) is 10.2 Å². The van der Waals surface area contributed by atoms with Crippen LogP contribution in [0.25, 0.3) is 10.7 Å². The van der Waals surface area contributed by atoms with E-state index in [9.17, 15) is 25.3 Å². The van der Waals surface area contributed by atoms with E-state index < -0.39 is 71.3 Å². The predicted molar refractivity (Wildman–Crippen MR) is 356 cm³/mol. The molecule has 2 aliphatic carbocycles. The van der Waals surface area contributed by atoms with Gasteiger partial charge in [0.1, 0.15) is 24.3 Å². The summed E-state index contributed by atoms with van der Waals surface area (Å²) in [5.74, 6) is 4.58. The molecule has 0 spiro atoms. The second-order valence-electron chi connectivity index (χ2n) is 22.2. The molecule has 7 aromatic rings. The normalized spacial score (nSPS) is 15.8. The smallest absolute Gasteiger partial charge is 0.399 e. The molecule has 8 heterocycles. The van der Waals surface area contributed by atoms with Gasteiger partial charge in [-0.25, -0.2) is 59.4 Å². The molecule has 3 fully saturated rings. The Morgan fingerprint density at radius 2 is 1.02 bits per heavy atom. The average molecular weight is 1460 g/mol. The van der Waals surface area contributed by atoms with Gasteiger partial charge in [0.25, 0.3) is 0 Å². The fraction of sp³-hybridized carbons (Fsp3) is 0.500. The van der Waals surface area contributed by atoms with Crippen molar-refractivity contribution in [3.63, 3.8) is 0 Å². The highest BCUT2D eigenvalue weighted by molar-refractivity contribution is 9.11. The number of halogens is 2. The second kappa shape index (κ2) is 32.0. The third-order valence-electron chi connectivity index (χ3n) is 13.6. The largest absolute Gasteiger partial charge is 0.505 e. The third kappa shape index (κ3) is 23.2. The van der Waals surface area contributed by atoms with Crippen molar-refractivity contribution in [2.75, 3.05) is 31.8 Å². The molecule has 0 aromatic carbocycles. The first-order valence-electron chi connectivity index (χ1n) is 27.0. The molecule has 10 rings (SSSR count). The number of aromatic nitrogens is 8. The molecule has 88 heavy (non-hydrogen) atoms. The summed E-state index contributed by atoms with van der Waals surface area (Å²) in [6.07, 6.45) is 7.61. The zero-order chi connectivity index (χ0) is 66.4. The molecule has 25 nitrogen and oxygen atoms in total. The predicted octanol–water partition coefficient (Wildman–Crippen LogP) is 7.32. The molecule has 11 N–H and O–H groups in total. The summed E-state index contributed by atoms with van der Waals surface area (Å²) >= 11 is 9.88. The van der Waals surface area contributed by atoms with Gasteiger partial charge in [0.2, 0.25) is 30.1 Å². The van der Waals surface area contributed by atoms with Gasteiger partial charge in [0.05, 0.1) is 42.8 Å². The number of anilines is 4. The Kier molecular flexibility index (Phi) is 27.8. The molecule has 1 unspecified atom stereocenters. The molecule has 4 radical (unpaired) electrons. The lowest BCUT2D eigenvalue weighted by Gasteiger charge is -2.32. The van der Waals surface area contributed by atoms with E-state index in [4.69, 9.17) is 29.7 Å². The van der Waals surface area contributed by atoms with Crippen LogP contribution in [0, 0.1) is 0 Å². The first-order valence-corrected chi connectivity index (χ1v) is 35.5. The molecule has 1 saturated heterocycles. The Labute approximate surface area is 547 Å². The number of aliphatic hydroxyl groups excluding tert-OH is 1. The number of hydrogen-bond acceptors (Lipinski definition) is 23. The van der Waals surface area contributed by atoms with Crippen LogP contribution in [0.2, 0.25) is 0 Å². The van der Waals surface area contributed by atoms with Crippen LogP contribution in [-0.2, 0) is 39.4 Å². The van der Waals surface area contributed by atoms with Crippen LogP contribution in [0.1, 0.15) is 125 Å². The highest BCUT2D eigenvalue weighted by Gasteiger charge is 2.52. The van der Waals surface area contributed by atoms with Crippen molar-refractivity contribution in [3.8, 4) is 10.7 Å². The molecule has 0 bridgehead atoms. The molecular formula is C52H76B3Br2N13O12S6. The lowest BCUT2D eigenvalue weighted by atomic mass is 9.81. The van der Waals surface area contributed by atoms with Gasteiger partial charge in [-0.3, -0.25) is 10.2 Å². The third-order valence-corrected chi connectivity index (χ3v) is 23.5. The number of H-pyrrole nitrogens is 2. The van der Waals surface area contributed by atoms with E-state index in [1.54, 1.807) is 109 Å². The molecule has 1 aliphatic heterocycles. The van der Waals surface area contributed by atoms with E-state index in [0.29, 0.717) is 43.1 Å². The number of aliphatic hydroxyl groups is 4. The van der Waals surface area contributed by atoms with Crippen molar-refractivity contribution >= 4 is 147 Å². The number of nitrogens with zero attached hydrogens (tertiary/aromatic N) is 6. The number of rotatable bonds is 16. The standard InChI is InChI=1S/C15H16N6O2S2.C11H18BNO4S2.C10H10BrN5.C6H14O2.C5H6BrNO2S2.C5H12O2.B2/c1-16-25(22,23)14-5-4-11(24-14)15-17-7-6-12(19-15)18-13-8-10(20-21-13)9-2-3-9;1-10(2)11(3,4)17-12(16-10)8-6-7-9(18-8)19(14,15)13-5;11-10-12-4-3-8(14-10)13-9-5-7(15-16-9)6-1-2-6;1-5(2,7)6(3,4)8;1-7-11(8,9)5-3-2-4(6)10-5;1-4(6)5(2,3)7;1-2/h4-9,16H,2-3H2,1H3,(H2,17,18,19,20,21);6-7,13H,1-5H3;3-6H,1-2H2,(H2,12,13,14,15,16);7-8H,1-4H3;2-3,7H,1H3;4,6-7H,1-3H3;. The van der Waals surface area contributed by atoms with Crippen molar-refractivity contribution in [1.82, 2.24) is 54.5 Å². The van der Waals surface area contributed by atoms with Gasteiger partial charge in [-0.05, 0) is 197 Å². The Bertz CT molecular complexity index is 3650. The summed E-state index contributed by atoms with van der Waals surface area (Å²) in [7, 11) is 1.54. The molecule has 0 amide bonds. The van der Waals surface area contributed by atoms with Crippen molar-refractivity contribution in [2.45, 2.75) is 160 Å². The number of nitrogens with one attached hydrogen (secondary N) is 7. The first kappa shape index (κ1) is 76.4. The molecular weight excluding hydrogens is 1380 g/mol. The Hall–Kier alpha value is -4.08. The molecule has 36 heteroatoms. The zero-order valence-corrected chi connectivity index (χ0v) is 59.2. The lowest BCUT2D eigenvalue weighted by Crippen LogP contribution is -2.44. The fourth-order valence-corrected chi connectivity index (χ4v) is 13.5. The summed E-state index contributed by atoms with van der Waals surface area (Å²) in [6.45, 7) is 18.9. The van der Waals surface area contributed by atoms with E-state index in [1.807, 2.05) is 39.8 Å². The van der Waals surface area contributed by atoms with Crippen molar-refractivity contribution in [2.24, 2.45) is 0 Å². The Morgan fingerprint density at radius 1 is 0.625 bits per heavy atom. The summed E-state index contributed by atoms with van der Waals surface area (Å²) in [5.41, 5.74) is -1.47. The topological polar surface area (TPSA) is 371 Å². The maximum atomic E-state index is 11.9. The Morgan fingerprint density at radius 3 is 1.41 bits per heavy atom. The number of hydrogen-bond donors (Lipinski definition) is 11. The van der Waals surface area contributed by atoms with Gasteiger partial charge < -0.3 is 40.4 Å². The Balaban J connectivity index is 0.000000237. The van der Waals surface area contributed by atoms with Gasteiger partial charge in [0.15, 0.2) is 22.2 Å². The zero-order valence-electron chi connectivity index (χ0n) is 51.2. The highest BCUT2D eigenvalue weighted by atomic mass is 79.9. The van der Waals surface area contributed by atoms with E-state index in [0.717, 1.165) is 48.6 Å². The molecule has 2 saturated carbocycles. The molecule has 7 aromatic heterocycles. The number of sulfonamides is 3. The minimum atomic E-state index is -3.46. The summed E-state index contributed by atoms with van der Waals surface area (Å²) < 4.78 is 90.8. The van der Waals surface area contributed by atoms with Crippen LogP contribution in [0.3, 0.4) is 0 Å². The molecule has 3 aliphatic rings. The second-order valence-corrected chi connectivity index (χ2v) is 33.9. The highest BCUT2D eigenvalue weighted by Crippen LogP contribution is 2.41. The monoisotopic (exact) mass is 1460 g/mol. The minimum absolute atomic E-state index is 0.230. The maximum absolute atomic E-state index is 11.9. The van der Waals surface area contributed by atoms with Crippen molar-refractivity contribution < 1.29 is 55.0 Å². The SMILES string of the molecule is Brc1nccc(Nc2cc(C3CC3)[nH]n2)n1.CC(C)(O)C(C)(C)O.CC(O)C(C)(C)O.CNS(=O)(=O)c1ccc(-c2nccc(Nc3cc(C4CC4)[nH]n3)n2)s1.CNS(=O)(=O)c1ccc(B2OC(C)(C)C(C)(C)O2)s1.CNS(=O)(=O)c1ccc(Br)s1.[B][B]. The van der Waals surface area contributed by atoms with Gasteiger partial charge in [0, 0.05) is 68.0 Å². The first-order chi connectivity index (χ1) is 40.7. The van der Waals surface area contributed by atoms with Crippen LogP contribution >= 0.6 is 65.9 Å². The van der Waals surface area contributed by atoms with E-state index in [-0.39, 0.29) is 8.42 Å². The fourth-order valence-electron chi connectivity index (χ4n) is 6.12. The van der Waals surface area contributed by atoms with E-state index >= 15 is 0 Å². The number of thiophene rings is 3. The van der Waals surface area contributed by atoms with Crippen LogP contribution in [0.15, 0.2) is 94.2 Å². The summed E-state index contributed by atoms with van der Waals surface area (Å²) in [4.78, 5) is 17.5. The van der Waals surface area contributed by atoms with Crippen LogP contribution < -0.4 is 29.6 Å². The average Bonchev–Trinajstić information content (AvgIpc) is 2.08. The van der Waals surface area contributed by atoms with Gasteiger partial charge in [-0.15, -0.1) is 34.0 Å². The van der Waals surface area contributed by atoms with E-state index in [1.165, 1.54) is 63.9 Å².